The van der Waals surface area contributed by atoms with Gasteiger partial charge in [-0.2, -0.15) is 0 Å². The van der Waals surface area contributed by atoms with Crippen molar-refractivity contribution in [2.24, 2.45) is 0 Å². The summed E-state index contributed by atoms with van der Waals surface area (Å²) in [6, 6.07) is 11.9. The molecule has 0 spiro atoms. The van der Waals surface area contributed by atoms with Gasteiger partial charge in [-0.1, -0.05) is 44.7 Å². The lowest BCUT2D eigenvalue weighted by Crippen LogP contribution is -2.32. The van der Waals surface area contributed by atoms with Crippen LogP contribution in [-0.4, -0.2) is 30.1 Å². The van der Waals surface area contributed by atoms with E-state index in [4.69, 9.17) is 4.74 Å². The largest absolute Gasteiger partial charge is 0.465 e. The molecule has 0 saturated carbocycles. The van der Waals surface area contributed by atoms with Crippen LogP contribution < -0.4 is 4.90 Å². The van der Waals surface area contributed by atoms with Gasteiger partial charge in [-0.15, -0.1) is 11.3 Å². The number of esters is 1. The Morgan fingerprint density at radius 1 is 1.16 bits per heavy atom. The number of amides is 1. The van der Waals surface area contributed by atoms with E-state index in [1.54, 1.807) is 0 Å². The number of anilines is 1. The molecule has 3 rings (SSSR count). The summed E-state index contributed by atoms with van der Waals surface area (Å²) in [4.78, 5) is 27.9. The summed E-state index contributed by atoms with van der Waals surface area (Å²) in [7, 11) is 1.40. The highest BCUT2D eigenvalue weighted by Gasteiger charge is 2.31. The Bertz CT molecular complexity index is 876. The van der Waals surface area contributed by atoms with Crippen LogP contribution in [0.3, 0.4) is 0 Å². The Morgan fingerprint density at radius 2 is 1.94 bits per heavy atom. The number of rotatable bonds is 12. The van der Waals surface area contributed by atoms with Crippen LogP contribution in [0.4, 0.5) is 5.69 Å². The maximum absolute atomic E-state index is 12.6. The van der Waals surface area contributed by atoms with Crippen LogP contribution >= 0.6 is 11.3 Å². The Kier molecular flexibility index (Phi) is 9.30. The second-order valence-electron chi connectivity index (χ2n) is 8.56. The molecule has 32 heavy (non-hydrogen) atoms. The number of aliphatic hydroxyl groups is 1. The third kappa shape index (κ3) is 6.42. The monoisotopic (exact) mass is 457 g/mol. The molecule has 1 aromatic heterocycles. The van der Waals surface area contributed by atoms with Gasteiger partial charge in [-0.3, -0.25) is 4.79 Å². The molecule has 1 aliphatic heterocycles. The minimum absolute atomic E-state index is 0.173. The molecule has 174 valence electrons. The van der Waals surface area contributed by atoms with Gasteiger partial charge in [0.15, 0.2) is 0 Å². The SMILES string of the molecule is CCCCCC[C@@H](O)c1ccc(N2C(=O)CCC2CCCc2ccc(C(=O)OC)s2)cc1. The first kappa shape index (κ1) is 24.5. The van der Waals surface area contributed by atoms with Crippen molar-refractivity contribution < 1.29 is 19.4 Å². The number of carbonyl (C=O) groups excluding carboxylic acids is 2. The van der Waals surface area contributed by atoms with Crippen LogP contribution in [0, 0.1) is 0 Å². The van der Waals surface area contributed by atoms with Crippen LogP contribution in [0.5, 0.6) is 0 Å². The summed E-state index contributed by atoms with van der Waals surface area (Å²) < 4.78 is 4.77. The molecule has 0 bridgehead atoms. The lowest BCUT2D eigenvalue weighted by molar-refractivity contribution is -0.117. The zero-order valence-corrected chi connectivity index (χ0v) is 20.0. The van der Waals surface area contributed by atoms with Crippen LogP contribution in [0.2, 0.25) is 0 Å². The zero-order chi connectivity index (χ0) is 22.9. The minimum atomic E-state index is -0.438. The summed E-state index contributed by atoms with van der Waals surface area (Å²) >= 11 is 1.48. The zero-order valence-electron chi connectivity index (χ0n) is 19.2. The molecule has 6 heteroatoms. The van der Waals surface area contributed by atoms with Gasteiger partial charge >= 0.3 is 5.97 Å². The van der Waals surface area contributed by atoms with E-state index >= 15 is 0 Å². The fourth-order valence-electron chi connectivity index (χ4n) is 4.39. The van der Waals surface area contributed by atoms with Crippen LogP contribution in [-0.2, 0) is 16.0 Å². The van der Waals surface area contributed by atoms with Gasteiger partial charge in [0.1, 0.15) is 4.88 Å². The average Bonchev–Trinajstić information content (AvgIpc) is 3.43. The first-order chi connectivity index (χ1) is 15.5. The van der Waals surface area contributed by atoms with Crippen molar-refractivity contribution in [3.8, 4) is 0 Å². The van der Waals surface area contributed by atoms with Gasteiger partial charge in [-0.05, 0) is 61.9 Å². The van der Waals surface area contributed by atoms with Crippen LogP contribution in [0.25, 0.3) is 0 Å². The number of methoxy groups -OCH3 is 1. The number of benzene rings is 1. The third-order valence-corrected chi connectivity index (χ3v) is 7.35. The smallest absolute Gasteiger partial charge is 0.348 e. The van der Waals surface area contributed by atoms with Crippen molar-refractivity contribution >= 4 is 28.9 Å². The summed E-state index contributed by atoms with van der Waals surface area (Å²) in [6.07, 6.45) is 9.18. The van der Waals surface area contributed by atoms with Crippen LogP contribution in [0.1, 0.15) is 90.9 Å². The molecule has 1 aliphatic rings. The Balaban J connectivity index is 1.53. The number of aryl methyl sites for hydroxylation is 1. The molecule has 1 saturated heterocycles. The average molecular weight is 458 g/mol. The molecule has 0 radical (unpaired) electrons. The van der Waals surface area contributed by atoms with Crippen molar-refractivity contribution in [3.63, 3.8) is 0 Å². The van der Waals surface area contributed by atoms with Gasteiger partial charge in [0.2, 0.25) is 5.91 Å². The fourth-order valence-corrected chi connectivity index (χ4v) is 5.36. The number of thiophene rings is 1. The van der Waals surface area contributed by atoms with Gasteiger partial charge in [-0.25, -0.2) is 4.79 Å². The van der Waals surface area contributed by atoms with E-state index in [1.165, 1.54) is 36.2 Å². The first-order valence-corrected chi connectivity index (χ1v) is 12.6. The van der Waals surface area contributed by atoms with E-state index in [-0.39, 0.29) is 17.9 Å². The van der Waals surface area contributed by atoms with Gasteiger partial charge < -0.3 is 14.7 Å². The van der Waals surface area contributed by atoms with Gasteiger partial charge in [0.25, 0.3) is 0 Å². The Labute approximate surface area is 195 Å². The Hall–Kier alpha value is -2.18. The molecule has 2 heterocycles. The topological polar surface area (TPSA) is 66.8 Å². The first-order valence-electron chi connectivity index (χ1n) is 11.8. The van der Waals surface area contributed by atoms with Crippen molar-refractivity contribution in [1.29, 1.82) is 0 Å². The second kappa shape index (κ2) is 12.2. The molecule has 1 unspecified atom stereocenters. The Morgan fingerprint density at radius 3 is 2.66 bits per heavy atom. The maximum atomic E-state index is 12.6. The van der Waals surface area contributed by atoms with Crippen LogP contribution in [0.15, 0.2) is 36.4 Å². The molecular formula is C26H35NO4S. The van der Waals surface area contributed by atoms with E-state index in [1.807, 2.05) is 41.3 Å². The van der Waals surface area contributed by atoms with E-state index in [0.717, 1.165) is 56.2 Å². The molecule has 5 nitrogen and oxygen atoms in total. The lowest BCUT2D eigenvalue weighted by Gasteiger charge is -2.25. The molecule has 2 atom stereocenters. The fraction of sp³-hybridized carbons (Fsp3) is 0.538. The maximum Gasteiger partial charge on any atom is 0.348 e. The number of carbonyl (C=O) groups is 2. The highest BCUT2D eigenvalue weighted by molar-refractivity contribution is 7.13. The second-order valence-corrected chi connectivity index (χ2v) is 9.73. The third-order valence-electron chi connectivity index (χ3n) is 6.22. The van der Waals surface area contributed by atoms with E-state index in [9.17, 15) is 14.7 Å². The molecular weight excluding hydrogens is 422 g/mol. The summed E-state index contributed by atoms with van der Waals surface area (Å²) in [5.41, 5.74) is 1.84. The number of ether oxygens (including phenoxy) is 1. The quantitative estimate of drug-likeness (QED) is 0.311. The molecule has 1 aromatic carbocycles. The number of unbranched alkanes of at least 4 members (excludes halogenated alkanes) is 3. The van der Waals surface area contributed by atoms with E-state index in [0.29, 0.717) is 11.3 Å². The highest BCUT2D eigenvalue weighted by atomic mass is 32.1. The summed E-state index contributed by atoms with van der Waals surface area (Å²) in [6.45, 7) is 2.19. The number of hydrogen-bond acceptors (Lipinski definition) is 5. The van der Waals surface area contributed by atoms with E-state index < -0.39 is 6.10 Å². The minimum Gasteiger partial charge on any atom is -0.465 e. The highest BCUT2D eigenvalue weighted by Crippen LogP contribution is 2.31. The summed E-state index contributed by atoms with van der Waals surface area (Å²) in [5.74, 6) is -0.115. The molecule has 0 aliphatic carbocycles. The normalized spacial score (nSPS) is 17.0. The van der Waals surface area contributed by atoms with Crippen molar-refractivity contribution in [2.75, 3.05) is 12.0 Å². The number of aliphatic hydroxyl groups excluding tert-OH is 1. The lowest BCUT2D eigenvalue weighted by atomic mass is 10.0. The molecule has 1 fully saturated rings. The van der Waals surface area contributed by atoms with Crippen molar-refractivity contribution in [2.45, 2.75) is 83.3 Å². The predicted octanol–water partition coefficient (Wildman–Crippen LogP) is 6.06. The van der Waals surface area contributed by atoms with Gasteiger partial charge in [0, 0.05) is 23.0 Å². The standard InChI is InChI=1S/C26H35NO4S/c1-3-4-5-6-10-23(28)19-11-13-21(14-12-19)27-20(15-18-25(27)29)8-7-9-22-16-17-24(32-22)26(30)31-2/h11-14,16-17,20,23,28H,3-10,15,18H2,1-2H3/t20?,23-/m1/s1. The molecule has 1 amide bonds. The van der Waals surface area contributed by atoms with Crippen molar-refractivity contribution in [1.82, 2.24) is 0 Å². The summed E-state index contributed by atoms with van der Waals surface area (Å²) in [5, 5.41) is 10.4. The van der Waals surface area contributed by atoms with Crippen molar-refractivity contribution in [3.05, 3.63) is 51.7 Å². The van der Waals surface area contributed by atoms with Gasteiger partial charge in [0.05, 0.1) is 13.2 Å². The molecule has 2 aromatic rings. The van der Waals surface area contributed by atoms with E-state index in [2.05, 4.69) is 6.92 Å². The number of nitrogens with zero attached hydrogens (tertiary/aromatic N) is 1. The number of hydrogen-bond donors (Lipinski definition) is 1. The predicted molar refractivity (Wildman–Crippen MR) is 129 cm³/mol. The molecule has 1 N–H and O–H groups in total.